The van der Waals surface area contributed by atoms with Crippen LogP contribution in [0.2, 0.25) is 31.2 Å². The van der Waals surface area contributed by atoms with Gasteiger partial charge in [0.15, 0.2) is 8.32 Å². The van der Waals surface area contributed by atoms with E-state index in [1.54, 1.807) is 0 Å². The number of aliphatic hydroxyl groups excluding tert-OH is 1. The Kier molecular flexibility index (Phi) is 9.39. The third kappa shape index (κ3) is 7.50. The van der Waals surface area contributed by atoms with Crippen molar-refractivity contribution in [3.8, 4) is 0 Å². The van der Waals surface area contributed by atoms with Crippen LogP contribution in [0.15, 0.2) is 30.3 Å². The van der Waals surface area contributed by atoms with Gasteiger partial charge in [-0.05, 0) is 48.6 Å². The van der Waals surface area contributed by atoms with Crippen molar-refractivity contribution in [1.29, 1.82) is 0 Å². The van der Waals surface area contributed by atoms with Gasteiger partial charge in [-0.2, -0.15) is 0 Å². The highest BCUT2D eigenvalue weighted by atomic mass is 28.4. The summed E-state index contributed by atoms with van der Waals surface area (Å²) in [4.78, 5) is 0. The van der Waals surface area contributed by atoms with E-state index in [4.69, 9.17) is 13.6 Å². The van der Waals surface area contributed by atoms with Crippen molar-refractivity contribution in [3.05, 3.63) is 35.9 Å². The highest BCUT2D eigenvalue weighted by Gasteiger charge is 2.50. The molecule has 0 heterocycles. The molecule has 0 aromatic heterocycles. The summed E-state index contributed by atoms with van der Waals surface area (Å²) in [6.07, 6.45) is 0.763. The minimum atomic E-state index is -2.04. The van der Waals surface area contributed by atoms with Gasteiger partial charge < -0.3 is 18.7 Å². The van der Waals surface area contributed by atoms with E-state index in [-0.39, 0.29) is 34.7 Å². The van der Waals surface area contributed by atoms with Gasteiger partial charge in [0.1, 0.15) is 0 Å². The molecule has 1 aliphatic carbocycles. The van der Waals surface area contributed by atoms with Crippen molar-refractivity contribution in [2.24, 2.45) is 11.3 Å². The average molecular weight is 480 g/mol. The summed E-state index contributed by atoms with van der Waals surface area (Å²) in [5.41, 5.74) is 1.08. The van der Waals surface area contributed by atoms with Crippen LogP contribution < -0.4 is 0 Å². The fourth-order valence-corrected chi connectivity index (χ4v) is 6.66. The lowest BCUT2D eigenvalue weighted by Gasteiger charge is -2.50. The molecule has 2 rings (SSSR count). The fraction of sp³-hybridized carbons (Fsp3) is 0.769. The molecule has 1 N–H and O–H groups in total. The van der Waals surface area contributed by atoms with Crippen LogP contribution in [-0.2, 0) is 20.2 Å². The minimum absolute atomic E-state index is 0.0233. The molecule has 1 fully saturated rings. The Morgan fingerprint density at radius 3 is 2.12 bits per heavy atom. The molecular weight excluding hydrogens is 432 g/mol. The quantitative estimate of drug-likeness (QED) is 0.437. The molecule has 0 bridgehead atoms. The van der Waals surface area contributed by atoms with Gasteiger partial charge in [0.2, 0.25) is 9.04 Å². The predicted octanol–water partition coefficient (Wildman–Crippen LogP) is 6.42. The maximum Gasteiger partial charge on any atom is 0.205 e. The van der Waals surface area contributed by atoms with Crippen LogP contribution in [0.25, 0.3) is 0 Å². The van der Waals surface area contributed by atoms with Crippen LogP contribution in [0.5, 0.6) is 0 Å². The van der Waals surface area contributed by atoms with E-state index in [0.29, 0.717) is 13.0 Å². The first-order valence-electron chi connectivity index (χ1n) is 12.1. The van der Waals surface area contributed by atoms with Crippen molar-refractivity contribution in [2.75, 3.05) is 0 Å². The summed E-state index contributed by atoms with van der Waals surface area (Å²) in [5.74, 6) is -0.0550. The van der Waals surface area contributed by atoms with E-state index in [1.165, 1.54) is 0 Å². The molecule has 1 radical (unpaired) electrons. The molecular formula is C26H47O4Si2. The topological polar surface area (TPSA) is 47.9 Å². The van der Waals surface area contributed by atoms with Crippen molar-refractivity contribution < 1.29 is 18.7 Å². The van der Waals surface area contributed by atoms with E-state index in [9.17, 15) is 5.11 Å². The van der Waals surface area contributed by atoms with Gasteiger partial charge in [0.05, 0.1) is 31.0 Å². The molecule has 0 aliphatic heterocycles. The van der Waals surface area contributed by atoms with E-state index < -0.39 is 23.5 Å². The van der Waals surface area contributed by atoms with Crippen LogP contribution in [0.4, 0.5) is 0 Å². The first kappa shape index (κ1) is 27.7. The number of benzene rings is 1. The van der Waals surface area contributed by atoms with Gasteiger partial charge in [-0.15, -0.1) is 0 Å². The highest BCUT2D eigenvalue weighted by molar-refractivity contribution is 6.74. The fourth-order valence-electron chi connectivity index (χ4n) is 4.28. The standard InChI is InChI=1S/C26H47O4Si2/c1-25(2,3)24(29-31(7)8)23-21(27)16-20(28-18-19-14-12-11-13-15-19)17-22(23)30-32(9,10)26(4,5)6/h11-15,20-24,27H,16-18H2,1-10H3/t20-,21+,22-,23+,24?/m0/s1. The Morgan fingerprint density at radius 2 is 1.62 bits per heavy atom. The first-order valence-corrected chi connectivity index (χ1v) is 17.4. The molecule has 1 unspecified atom stereocenters. The lowest BCUT2D eigenvalue weighted by Crippen LogP contribution is -2.58. The van der Waals surface area contributed by atoms with Gasteiger partial charge in [0.25, 0.3) is 0 Å². The van der Waals surface area contributed by atoms with Gasteiger partial charge in [-0.25, -0.2) is 0 Å². The van der Waals surface area contributed by atoms with Crippen molar-refractivity contribution in [1.82, 2.24) is 0 Å². The molecule has 4 nitrogen and oxygen atoms in total. The van der Waals surface area contributed by atoms with Crippen molar-refractivity contribution in [2.45, 2.75) is 117 Å². The van der Waals surface area contributed by atoms with Gasteiger partial charge in [-0.1, -0.05) is 71.9 Å². The maximum absolute atomic E-state index is 11.4. The number of hydrogen-bond acceptors (Lipinski definition) is 4. The van der Waals surface area contributed by atoms with E-state index in [1.807, 2.05) is 18.2 Å². The Balaban J connectivity index is 2.30. The molecule has 0 saturated heterocycles. The Labute approximate surface area is 199 Å². The van der Waals surface area contributed by atoms with Crippen LogP contribution >= 0.6 is 0 Å². The second kappa shape index (κ2) is 10.8. The van der Waals surface area contributed by atoms with Crippen molar-refractivity contribution in [3.63, 3.8) is 0 Å². The molecule has 1 saturated carbocycles. The Bertz CT molecular complexity index is 694. The summed E-state index contributed by atoms with van der Waals surface area (Å²) >= 11 is 0. The molecule has 1 aromatic rings. The number of hydrogen-bond donors (Lipinski definition) is 1. The first-order chi connectivity index (χ1) is 14.6. The summed E-state index contributed by atoms with van der Waals surface area (Å²) in [7, 11) is -2.97. The van der Waals surface area contributed by atoms with Crippen LogP contribution in [0, 0.1) is 11.3 Å². The van der Waals surface area contributed by atoms with E-state index in [2.05, 4.69) is 79.9 Å². The summed E-state index contributed by atoms with van der Waals surface area (Å²) in [6, 6.07) is 10.3. The zero-order valence-corrected chi connectivity index (χ0v) is 24.1. The van der Waals surface area contributed by atoms with Crippen LogP contribution in [0.3, 0.4) is 0 Å². The largest absolute Gasteiger partial charge is 0.413 e. The number of ether oxygens (including phenoxy) is 1. The normalized spacial score (nSPS) is 26.4. The van der Waals surface area contributed by atoms with Crippen LogP contribution in [-0.4, -0.2) is 46.9 Å². The third-order valence-electron chi connectivity index (χ3n) is 7.02. The van der Waals surface area contributed by atoms with Crippen LogP contribution in [0.1, 0.15) is 59.9 Å². The molecule has 0 spiro atoms. The summed E-state index contributed by atoms with van der Waals surface area (Å²) in [5, 5.41) is 11.5. The van der Waals surface area contributed by atoms with Gasteiger partial charge in [0, 0.05) is 12.3 Å². The predicted molar refractivity (Wildman–Crippen MR) is 138 cm³/mol. The minimum Gasteiger partial charge on any atom is -0.413 e. The van der Waals surface area contributed by atoms with Gasteiger partial charge in [-0.3, -0.25) is 0 Å². The zero-order valence-electron chi connectivity index (χ0n) is 22.1. The molecule has 1 aliphatic rings. The molecule has 1 aromatic carbocycles. The molecule has 5 atom stereocenters. The smallest absolute Gasteiger partial charge is 0.205 e. The summed E-state index contributed by atoms with van der Waals surface area (Å²) in [6.45, 7) is 23.0. The summed E-state index contributed by atoms with van der Waals surface area (Å²) < 4.78 is 19.9. The Morgan fingerprint density at radius 1 is 1.03 bits per heavy atom. The molecule has 0 amide bonds. The second-order valence-corrected chi connectivity index (χ2v) is 19.1. The molecule has 183 valence electrons. The molecule has 32 heavy (non-hydrogen) atoms. The monoisotopic (exact) mass is 479 g/mol. The average Bonchev–Trinajstić information content (AvgIpc) is 2.63. The number of aliphatic hydroxyl groups is 1. The van der Waals surface area contributed by atoms with Crippen molar-refractivity contribution >= 4 is 17.4 Å². The lowest BCUT2D eigenvalue weighted by molar-refractivity contribution is -0.139. The Hall–Kier alpha value is -0.506. The van der Waals surface area contributed by atoms with E-state index >= 15 is 0 Å². The zero-order chi connectivity index (χ0) is 24.3. The second-order valence-electron chi connectivity index (χ2n) is 12.3. The van der Waals surface area contributed by atoms with Gasteiger partial charge >= 0.3 is 0 Å². The molecule has 6 heteroatoms. The third-order valence-corrected chi connectivity index (χ3v) is 12.2. The highest BCUT2D eigenvalue weighted by Crippen LogP contribution is 2.44. The lowest BCUT2D eigenvalue weighted by atomic mass is 9.71. The maximum atomic E-state index is 11.4. The SMILES string of the molecule is C[Si](C)OC([C@@H]1[C@H](O)C[C@H](OCc2ccccc2)C[C@@H]1O[Si](C)(C)C(C)(C)C)C(C)(C)C. The number of rotatable bonds is 8. The van der Waals surface area contributed by atoms with E-state index in [0.717, 1.165) is 12.0 Å².